The number of hydrogen-bond acceptors (Lipinski definition) is 3. The van der Waals surface area contributed by atoms with Gasteiger partial charge in [-0.3, -0.25) is 9.35 Å². The number of nitrogens with zero attached hydrogens (tertiary/aromatic N) is 2. The van der Waals surface area contributed by atoms with Crippen LogP contribution in [0.15, 0.2) is 31.8 Å². The van der Waals surface area contributed by atoms with Crippen molar-refractivity contribution in [2.45, 2.75) is 26.2 Å². The molecular formula is C13H16N2O4S. The Bertz CT molecular complexity index is 812. The molecule has 1 atom stereocenters. The summed E-state index contributed by atoms with van der Waals surface area (Å²) in [6.07, 6.45) is 0. The lowest BCUT2D eigenvalue weighted by Gasteiger charge is -2.20. The van der Waals surface area contributed by atoms with Crippen molar-refractivity contribution in [2.24, 2.45) is 11.4 Å². The lowest BCUT2D eigenvalue weighted by Crippen LogP contribution is -2.34. The maximum atomic E-state index is 12.0. The molecule has 108 valence electrons. The van der Waals surface area contributed by atoms with Crippen LogP contribution < -0.4 is 11.1 Å². The van der Waals surface area contributed by atoms with Crippen molar-refractivity contribution in [2.75, 3.05) is 0 Å². The van der Waals surface area contributed by atoms with Crippen LogP contribution in [0.5, 0.6) is 0 Å². The average molecular weight is 296 g/mol. The van der Waals surface area contributed by atoms with Gasteiger partial charge in [0.15, 0.2) is 5.58 Å². The third-order valence-corrected chi connectivity index (χ3v) is 3.33. The van der Waals surface area contributed by atoms with Crippen LogP contribution in [0.4, 0.5) is 0 Å². The van der Waals surface area contributed by atoms with E-state index in [2.05, 4.69) is 4.40 Å². The quantitative estimate of drug-likeness (QED) is 0.807. The molecule has 1 aromatic heterocycles. The van der Waals surface area contributed by atoms with E-state index in [0.717, 1.165) is 5.56 Å². The summed E-state index contributed by atoms with van der Waals surface area (Å²) in [4.78, 5) is 12.0. The highest BCUT2D eigenvalue weighted by atomic mass is 32.2. The molecule has 2 rings (SSSR count). The number of fused-ring (bicyclic) bond motifs is 1. The fourth-order valence-electron chi connectivity index (χ4n) is 2.01. The van der Waals surface area contributed by atoms with Gasteiger partial charge in [0.05, 0.1) is 5.52 Å². The summed E-state index contributed by atoms with van der Waals surface area (Å²) < 4.78 is 29.8. The first-order valence-electron chi connectivity index (χ1n) is 6.01. The van der Waals surface area contributed by atoms with E-state index in [0.29, 0.717) is 11.1 Å². The number of aryl methyl sites for hydroxylation is 1. The first-order chi connectivity index (χ1) is 9.21. The van der Waals surface area contributed by atoms with Gasteiger partial charge in [-0.1, -0.05) is 32.9 Å². The summed E-state index contributed by atoms with van der Waals surface area (Å²) in [5.74, 6) is 0. The molecule has 0 bridgehead atoms. The molecule has 0 amide bonds. The van der Waals surface area contributed by atoms with Crippen LogP contribution in [-0.2, 0) is 23.7 Å². The molecule has 1 aromatic carbocycles. The van der Waals surface area contributed by atoms with Gasteiger partial charge in [-0.15, -0.1) is 4.40 Å². The van der Waals surface area contributed by atoms with Crippen molar-refractivity contribution in [1.82, 2.24) is 4.57 Å². The van der Waals surface area contributed by atoms with Crippen molar-refractivity contribution >= 4 is 22.4 Å². The lowest BCUT2D eigenvalue weighted by atomic mass is 9.86. The van der Waals surface area contributed by atoms with Gasteiger partial charge in [0.2, 0.25) is 0 Å². The molecule has 0 saturated heterocycles. The summed E-state index contributed by atoms with van der Waals surface area (Å²) in [5, 5.41) is 0. The molecule has 0 radical (unpaired) electrons. The van der Waals surface area contributed by atoms with Crippen LogP contribution in [0.1, 0.15) is 26.3 Å². The Kier molecular flexibility index (Phi) is 3.66. The van der Waals surface area contributed by atoms with Gasteiger partial charge in [-0.25, -0.2) is 4.21 Å². The Morgan fingerprint density at radius 1 is 1.35 bits per heavy atom. The van der Waals surface area contributed by atoms with Gasteiger partial charge in [-0.05, 0) is 11.5 Å². The fourth-order valence-corrected chi connectivity index (χ4v) is 2.27. The summed E-state index contributed by atoms with van der Waals surface area (Å²) in [6, 6.07) is 5.50. The standard InChI is InChI=1S/C13H16N2O4S/c1-13(2,3)8-6-5-7-9-10(8)19-11(14-20(17)18)12(16)15(9)4/h5-7H,1-4H3,(H,17,18). The summed E-state index contributed by atoms with van der Waals surface area (Å²) in [6.45, 7) is 6.05. The molecule has 7 heteroatoms. The van der Waals surface area contributed by atoms with E-state index in [-0.39, 0.29) is 11.0 Å². The molecule has 0 fully saturated rings. The fraction of sp³-hybridized carbons (Fsp3) is 0.385. The minimum Gasteiger partial charge on any atom is -0.432 e. The Morgan fingerprint density at radius 3 is 2.55 bits per heavy atom. The van der Waals surface area contributed by atoms with E-state index in [1.165, 1.54) is 4.57 Å². The smallest absolute Gasteiger partial charge is 0.314 e. The summed E-state index contributed by atoms with van der Waals surface area (Å²) in [5.41, 5.74) is 0.876. The molecule has 6 nitrogen and oxygen atoms in total. The van der Waals surface area contributed by atoms with Crippen LogP contribution in [-0.4, -0.2) is 13.3 Å². The second-order valence-corrected chi connectivity index (χ2v) is 6.14. The van der Waals surface area contributed by atoms with Crippen LogP contribution in [0.2, 0.25) is 0 Å². The molecule has 2 aromatic rings. The van der Waals surface area contributed by atoms with Crippen molar-refractivity contribution in [3.8, 4) is 0 Å². The second kappa shape index (κ2) is 4.99. The van der Waals surface area contributed by atoms with E-state index >= 15 is 0 Å². The SMILES string of the molecule is Cn1c(=O)c(=NS(=O)O)oc2c(C(C)(C)C)cccc21. The highest BCUT2D eigenvalue weighted by Crippen LogP contribution is 2.28. The molecule has 1 unspecified atom stereocenters. The van der Waals surface area contributed by atoms with Crippen molar-refractivity contribution in [3.05, 3.63) is 39.7 Å². The van der Waals surface area contributed by atoms with Gasteiger partial charge in [-0.2, -0.15) is 0 Å². The first-order valence-corrected chi connectivity index (χ1v) is 7.07. The van der Waals surface area contributed by atoms with E-state index in [1.54, 1.807) is 13.1 Å². The predicted octanol–water partition coefficient (Wildman–Crippen LogP) is 1.47. The molecule has 1 heterocycles. The Labute approximate surface area is 118 Å². The molecule has 0 spiro atoms. The summed E-state index contributed by atoms with van der Waals surface area (Å²) in [7, 11) is 1.58. The highest BCUT2D eigenvalue weighted by Gasteiger charge is 2.20. The largest absolute Gasteiger partial charge is 0.432 e. The lowest BCUT2D eigenvalue weighted by molar-refractivity contribution is 0.495. The van der Waals surface area contributed by atoms with Gasteiger partial charge in [0.25, 0.3) is 16.8 Å². The van der Waals surface area contributed by atoms with Gasteiger partial charge in [0, 0.05) is 12.6 Å². The van der Waals surface area contributed by atoms with E-state index in [4.69, 9.17) is 8.97 Å². The zero-order valence-electron chi connectivity index (χ0n) is 11.7. The van der Waals surface area contributed by atoms with E-state index < -0.39 is 16.8 Å². The van der Waals surface area contributed by atoms with E-state index in [1.807, 2.05) is 32.9 Å². The first kappa shape index (κ1) is 14.7. The number of para-hydroxylation sites is 1. The molecule has 0 saturated carbocycles. The minimum atomic E-state index is -2.49. The second-order valence-electron chi connectivity index (χ2n) is 5.50. The predicted molar refractivity (Wildman–Crippen MR) is 76.5 cm³/mol. The number of benzene rings is 1. The molecule has 1 N–H and O–H groups in total. The Morgan fingerprint density at radius 2 is 2.00 bits per heavy atom. The maximum Gasteiger partial charge on any atom is 0.314 e. The van der Waals surface area contributed by atoms with Gasteiger partial charge < -0.3 is 8.98 Å². The van der Waals surface area contributed by atoms with Crippen LogP contribution >= 0.6 is 0 Å². The Hall–Kier alpha value is -1.73. The zero-order chi connectivity index (χ0) is 15.1. The monoisotopic (exact) mass is 296 g/mol. The molecule has 20 heavy (non-hydrogen) atoms. The van der Waals surface area contributed by atoms with Crippen molar-refractivity contribution in [3.63, 3.8) is 0 Å². The van der Waals surface area contributed by atoms with Crippen LogP contribution in [0, 0.1) is 0 Å². The zero-order valence-corrected chi connectivity index (χ0v) is 12.5. The molecular weight excluding hydrogens is 280 g/mol. The topological polar surface area (TPSA) is 84.8 Å². The van der Waals surface area contributed by atoms with Crippen molar-refractivity contribution in [1.29, 1.82) is 0 Å². The van der Waals surface area contributed by atoms with Crippen LogP contribution in [0.3, 0.4) is 0 Å². The average Bonchev–Trinajstić information content (AvgIpc) is 2.33. The highest BCUT2D eigenvalue weighted by molar-refractivity contribution is 7.77. The van der Waals surface area contributed by atoms with Gasteiger partial charge in [0.1, 0.15) is 0 Å². The van der Waals surface area contributed by atoms with Gasteiger partial charge >= 0.3 is 5.56 Å². The number of rotatable bonds is 1. The maximum absolute atomic E-state index is 12.0. The molecule has 0 aliphatic heterocycles. The van der Waals surface area contributed by atoms with Crippen molar-refractivity contribution < 1.29 is 13.2 Å². The van der Waals surface area contributed by atoms with Crippen LogP contribution in [0.25, 0.3) is 11.1 Å². The number of hydrogen-bond donors (Lipinski definition) is 1. The number of aromatic nitrogens is 1. The normalized spacial score (nSPS) is 14.8. The third kappa shape index (κ3) is 2.59. The van der Waals surface area contributed by atoms with E-state index in [9.17, 15) is 9.00 Å². The molecule has 0 aliphatic rings. The molecule has 0 aliphatic carbocycles. The minimum absolute atomic E-state index is 0.198. The third-order valence-electron chi connectivity index (χ3n) is 3.01. The summed E-state index contributed by atoms with van der Waals surface area (Å²) >= 11 is -2.49. The Balaban J connectivity index is 3.01.